The molecule has 1 saturated heterocycles. The standard InChI is InChI=1S/C14H19N5O/c15-10-4-5-11-12(8-10)18-14(17-11)16-9-13(20)19-6-2-1-3-7-19/h4-5,8H,1-3,6-7,9,15H2,(H2,16,17,18). The number of anilines is 2. The van der Waals surface area contributed by atoms with Crippen LogP contribution in [-0.2, 0) is 4.79 Å². The van der Waals surface area contributed by atoms with Crippen LogP contribution in [0.5, 0.6) is 0 Å². The summed E-state index contributed by atoms with van der Waals surface area (Å²) in [5.41, 5.74) is 8.13. The summed E-state index contributed by atoms with van der Waals surface area (Å²) in [6.07, 6.45) is 3.44. The van der Waals surface area contributed by atoms with Gasteiger partial charge in [-0.25, -0.2) is 4.98 Å². The first-order valence-corrected chi connectivity index (χ1v) is 6.99. The Labute approximate surface area is 117 Å². The molecule has 6 heteroatoms. The molecule has 6 nitrogen and oxygen atoms in total. The van der Waals surface area contributed by atoms with E-state index in [9.17, 15) is 4.79 Å². The lowest BCUT2D eigenvalue weighted by molar-refractivity contribution is -0.130. The van der Waals surface area contributed by atoms with E-state index in [4.69, 9.17) is 5.73 Å². The molecule has 4 N–H and O–H groups in total. The Kier molecular flexibility index (Phi) is 3.45. The Bertz CT molecular complexity index is 615. The van der Waals surface area contributed by atoms with E-state index in [1.807, 2.05) is 23.1 Å². The predicted octanol–water partition coefficient (Wildman–Crippen LogP) is 1.57. The summed E-state index contributed by atoms with van der Waals surface area (Å²) < 4.78 is 0. The molecule has 1 aliphatic heterocycles. The van der Waals surface area contributed by atoms with Gasteiger partial charge in [-0.1, -0.05) is 0 Å². The van der Waals surface area contributed by atoms with Crippen molar-refractivity contribution in [2.24, 2.45) is 0 Å². The molecule has 2 heterocycles. The molecular weight excluding hydrogens is 254 g/mol. The fourth-order valence-corrected chi connectivity index (χ4v) is 2.53. The molecule has 0 bridgehead atoms. The lowest BCUT2D eigenvalue weighted by atomic mass is 10.1. The third kappa shape index (κ3) is 2.68. The fraction of sp³-hybridized carbons (Fsp3) is 0.429. The third-order valence-corrected chi connectivity index (χ3v) is 3.62. The molecule has 0 radical (unpaired) electrons. The summed E-state index contributed by atoms with van der Waals surface area (Å²) in [6.45, 7) is 2.02. The number of hydrogen-bond donors (Lipinski definition) is 3. The van der Waals surface area contributed by atoms with Crippen molar-refractivity contribution in [1.82, 2.24) is 14.9 Å². The minimum Gasteiger partial charge on any atom is -0.399 e. The van der Waals surface area contributed by atoms with E-state index in [0.717, 1.165) is 37.0 Å². The van der Waals surface area contributed by atoms with Crippen molar-refractivity contribution in [3.8, 4) is 0 Å². The Hall–Kier alpha value is -2.24. The molecule has 106 valence electrons. The van der Waals surface area contributed by atoms with Crippen LogP contribution in [0, 0.1) is 0 Å². The van der Waals surface area contributed by atoms with E-state index in [1.165, 1.54) is 6.42 Å². The van der Waals surface area contributed by atoms with Gasteiger partial charge < -0.3 is 20.9 Å². The molecule has 3 rings (SSSR count). The van der Waals surface area contributed by atoms with Crippen LogP contribution in [0.2, 0.25) is 0 Å². The number of H-pyrrole nitrogens is 1. The average molecular weight is 273 g/mol. The number of nitrogens with two attached hydrogens (primary N) is 1. The van der Waals surface area contributed by atoms with E-state index in [0.29, 0.717) is 11.6 Å². The van der Waals surface area contributed by atoms with Gasteiger partial charge in [-0.15, -0.1) is 0 Å². The number of hydrogen-bond acceptors (Lipinski definition) is 4. The van der Waals surface area contributed by atoms with Gasteiger partial charge in [-0.05, 0) is 37.5 Å². The topological polar surface area (TPSA) is 87.0 Å². The molecule has 1 aromatic heterocycles. The highest BCUT2D eigenvalue weighted by molar-refractivity contribution is 5.83. The number of fused-ring (bicyclic) bond motifs is 1. The number of piperidine rings is 1. The molecule has 0 aliphatic carbocycles. The number of benzene rings is 1. The number of carbonyl (C=O) groups is 1. The maximum atomic E-state index is 12.0. The summed E-state index contributed by atoms with van der Waals surface area (Å²) in [5.74, 6) is 0.737. The Morgan fingerprint density at radius 1 is 1.35 bits per heavy atom. The lowest BCUT2D eigenvalue weighted by Crippen LogP contribution is -2.39. The SMILES string of the molecule is Nc1ccc2nc(NCC(=O)N3CCCCC3)[nH]c2c1. The van der Waals surface area contributed by atoms with Crippen molar-refractivity contribution in [2.75, 3.05) is 30.7 Å². The molecule has 20 heavy (non-hydrogen) atoms. The third-order valence-electron chi connectivity index (χ3n) is 3.62. The van der Waals surface area contributed by atoms with E-state index in [-0.39, 0.29) is 12.5 Å². The van der Waals surface area contributed by atoms with Crippen molar-refractivity contribution in [3.63, 3.8) is 0 Å². The van der Waals surface area contributed by atoms with Gasteiger partial charge in [-0.2, -0.15) is 0 Å². The Morgan fingerprint density at radius 3 is 2.95 bits per heavy atom. The van der Waals surface area contributed by atoms with E-state index in [1.54, 1.807) is 0 Å². The molecule has 1 aliphatic rings. The highest BCUT2D eigenvalue weighted by atomic mass is 16.2. The van der Waals surface area contributed by atoms with Crippen molar-refractivity contribution in [1.29, 1.82) is 0 Å². The first-order chi connectivity index (χ1) is 9.72. The second-order valence-electron chi connectivity index (χ2n) is 5.16. The molecule has 1 fully saturated rings. The number of nitrogens with zero attached hydrogens (tertiary/aromatic N) is 2. The zero-order valence-electron chi connectivity index (χ0n) is 11.4. The molecule has 0 atom stereocenters. The zero-order chi connectivity index (χ0) is 13.9. The van der Waals surface area contributed by atoms with Crippen molar-refractivity contribution in [2.45, 2.75) is 19.3 Å². The van der Waals surface area contributed by atoms with Gasteiger partial charge in [0.15, 0.2) is 0 Å². The highest BCUT2D eigenvalue weighted by Gasteiger charge is 2.16. The number of carbonyl (C=O) groups excluding carboxylic acids is 1. The van der Waals surface area contributed by atoms with Gasteiger partial charge in [0, 0.05) is 18.8 Å². The Balaban J connectivity index is 1.63. The van der Waals surface area contributed by atoms with Gasteiger partial charge in [0.2, 0.25) is 11.9 Å². The number of aromatic nitrogens is 2. The van der Waals surface area contributed by atoms with E-state index < -0.39 is 0 Å². The summed E-state index contributed by atoms with van der Waals surface area (Å²) in [7, 11) is 0. The molecule has 2 aromatic rings. The van der Waals surface area contributed by atoms with Gasteiger partial charge in [0.05, 0.1) is 17.6 Å². The number of nitrogens with one attached hydrogen (secondary N) is 2. The number of likely N-dealkylation sites (tertiary alicyclic amines) is 1. The van der Waals surface area contributed by atoms with Crippen LogP contribution < -0.4 is 11.1 Å². The zero-order valence-corrected chi connectivity index (χ0v) is 11.4. The number of rotatable bonds is 3. The molecule has 0 unspecified atom stereocenters. The predicted molar refractivity (Wildman–Crippen MR) is 79.4 cm³/mol. The van der Waals surface area contributed by atoms with Crippen molar-refractivity contribution >= 4 is 28.6 Å². The second-order valence-corrected chi connectivity index (χ2v) is 5.16. The first-order valence-electron chi connectivity index (χ1n) is 6.99. The van der Waals surface area contributed by atoms with Gasteiger partial charge in [-0.3, -0.25) is 4.79 Å². The number of imidazole rings is 1. The van der Waals surface area contributed by atoms with Crippen molar-refractivity contribution < 1.29 is 4.79 Å². The summed E-state index contributed by atoms with van der Waals surface area (Å²) >= 11 is 0. The van der Waals surface area contributed by atoms with E-state index >= 15 is 0 Å². The minimum absolute atomic E-state index is 0.129. The molecular formula is C14H19N5O. The minimum atomic E-state index is 0.129. The van der Waals surface area contributed by atoms with Crippen LogP contribution in [0.15, 0.2) is 18.2 Å². The monoisotopic (exact) mass is 273 g/mol. The van der Waals surface area contributed by atoms with Crippen LogP contribution in [0.4, 0.5) is 11.6 Å². The largest absolute Gasteiger partial charge is 0.399 e. The van der Waals surface area contributed by atoms with Gasteiger partial charge in [0.25, 0.3) is 0 Å². The van der Waals surface area contributed by atoms with Crippen LogP contribution in [0.3, 0.4) is 0 Å². The van der Waals surface area contributed by atoms with Crippen molar-refractivity contribution in [3.05, 3.63) is 18.2 Å². The molecule has 0 spiro atoms. The summed E-state index contributed by atoms with van der Waals surface area (Å²) in [4.78, 5) is 21.5. The molecule has 0 saturated carbocycles. The van der Waals surface area contributed by atoms with E-state index in [2.05, 4.69) is 15.3 Å². The number of amides is 1. The number of aromatic amines is 1. The summed E-state index contributed by atoms with van der Waals surface area (Å²) in [6, 6.07) is 5.50. The number of nitrogen functional groups attached to an aromatic ring is 1. The quantitative estimate of drug-likeness (QED) is 0.741. The molecule has 1 aromatic carbocycles. The van der Waals surface area contributed by atoms with Gasteiger partial charge in [0.1, 0.15) is 0 Å². The highest BCUT2D eigenvalue weighted by Crippen LogP contribution is 2.17. The smallest absolute Gasteiger partial charge is 0.241 e. The Morgan fingerprint density at radius 2 is 2.15 bits per heavy atom. The average Bonchev–Trinajstić information content (AvgIpc) is 2.87. The van der Waals surface area contributed by atoms with Crippen LogP contribution in [-0.4, -0.2) is 40.4 Å². The second kappa shape index (κ2) is 5.40. The fourth-order valence-electron chi connectivity index (χ4n) is 2.53. The normalized spacial score (nSPS) is 15.5. The molecule has 1 amide bonds. The van der Waals surface area contributed by atoms with Gasteiger partial charge >= 0.3 is 0 Å². The first kappa shape index (κ1) is 12.8. The maximum Gasteiger partial charge on any atom is 0.241 e. The summed E-state index contributed by atoms with van der Waals surface area (Å²) in [5, 5.41) is 3.05. The maximum absolute atomic E-state index is 12.0. The lowest BCUT2D eigenvalue weighted by Gasteiger charge is -2.26. The van der Waals surface area contributed by atoms with Crippen LogP contribution >= 0.6 is 0 Å². The van der Waals surface area contributed by atoms with Crippen LogP contribution in [0.1, 0.15) is 19.3 Å². The van der Waals surface area contributed by atoms with Crippen LogP contribution in [0.25, 0.3) is 11.0 Å².